The van der Waals surface area contributed by atoms with Gasteiger partial charge in [-0.2, -0.15) is 4.68 Å². The van der Waals surface area contributed by atoms with Crippen molar-refractivity contribution in [1.29, 1.82) is 0 Å². The topological polar surface area (TPSA) is 84.0 Å². The number of hydrogen-bond donors (Lipinski definition) is 3. The van der Waals surface area contributed by atoms with Crippen molar-refractivity contribution in [2.45, 2.75) is 6.42 Å². The number of H-pyrrole nitrogens is 1. The monoisotopic (exact) mass is 205 g/mol. The maximum atomic E-state index is 11.1. The summed E-state index contributed by atoms with van der Waals surface area (Å²) in [6, 6.07) is 9.51. The summed E-state index contributed by atoms with van der Waals surface area (Å²) in [5.74, 6) is 5.06. The van der Waals surface area contributed by atoms with Gasteiger partial charge < -0.3 is 15.9 Å². The first-order chi connectivity index (χ1) is 7.18. The summed E-state index contributed by atoms with van der Waals surface area (Å²) in [5, 5.41) is 9.49. The summed E-state index contributed by atoms with van der Waals surface area (Å²) in [6.45, 7) is 0. The molecule has 0 spiro atoms. The van der Waals surface area contributed by atoms with Crippen LogP contribution in [-0.4, -0.2) is 14.8 Å². The van der Waals surface area contributed by atoms with Crippen molar-refractivity contribution in [2.24, 2.45) is 0 Å². The molecule has 0 aliphatic rings. The standard InChI is InChI=1S/C10H11N3O2/c11-13-9(14)8(12-10(13)15)6-7-4-2-1-3-5-7/h1-5,14H,6,11H2,(H,12,15). The third-order valence-corrected chi connectivity index (χ3v) is 2.20. The zero-order valence-electron chi connectivity index (χ0n) is 7.97. The molecule has 0 aliphatic carbocycles. The lowest BCUT2D eigenvalue weighted by molar-refractivity contribution is 0.430. The van der Waals surface area contributed by atoms with Crippen LogP contribution < -0.4 is 11.5 Å². The highest BCUT2D eigenvalue weighted by Crippen LogP contribution is 2.14. The average molecular weight is 205 g/mol. The summed E-state index contributed by atoms with van der Waals surface area (Å²) in [4.78, 5) is 13.6. The van der Waals surface area contributed by atoms with E-state index >= 15 is 0 Å². The maximum absolute atomic E-state index is 11.1. The Morgan fingerprint density at radius 3 is 2.53 bits per heavy atom. The highest BCUT2D eigenvalue weighted by molar-refractivity contribution is 5.27. The summed E-state index contributed by atoms with van der Waals surface area (Å²) in [5.41, 5.74) is 0.904. The summed E-state index contributed by atoms with van der Waals surface area (Å²) < 4.78 is 0.693. The largest absolute Gasteiger partial charge is 0.492 e. The van der Waals surface area contributed by atoms with E-state index in [2.05, 4.69) is 4.98 Å². The molecule has 0 amide bonds. The van der Waals surface area contributed by atoms with Gasteiger partial charge in [0, 0.05) is 6.42 Å². The third kappa shape index (κ3) is 1.71. The average Bonchev–Trinajstić information content (AvgIpc) is 2.48. The normalized spacial score (nSPS) is 10.4. The molecule has 2 aromatic rings. The second-order valence-corrected chi connectivity index (χ2v) is 3.26. The predicted octanol–water partition coefficient (Wildman–Crippen LogP) is 0.187. The fourth-order valence-corrected chi connectivity index (χ4v) is 1.41. The Labute approximate surface area is 85.8 Å². The van der Waals surface area contributed by atoms with Crippen LogP contribution in [0.1, 0.15) is 11.3 Å². The van der Waals surface area contributed by atoms with Gasteiger partial charge in [0.05, 0.1) is 5.69 Å². The lowest BCUT2D eigenvalue weighted by Crippen LogP contribution is -2.23. The molecule has 2 rings (SSSR count). The van der Waals surface area contributed by atoms with Crippen LogP contribution in [0.2, 0.25) is 0 Å². The molecule has 0 aliphatic heterocycles. The molecule has 0 fully saturated rings. The molecule has 1 heterocycles. The zero-order valence-corrected chi connectivity index (χ0v) is 7.97. The number of nitrogen functional groups attached to an aromatic ring is 1. The van der Waals surface area contributed by atoms with Gasteiger partial charge in [-0.3, -0.25) is 0 Å². The Hall–Kier alpha value is -2.17. The number of rotatable bonds is 2. The maximum Gasteiger partial charge on any atom is 0.347 e. The third-order valence-electron chi connectivity index (χ3n) is 2.20. The molecule has 0 radical (unpaired) electrons. The Bertz CT molecular complexity index is 513. The lowest BCUT2D eigenvalue weighted by atomic mass is 10.1. The second-order valence-electron chi connectivity index (χ2n) is 3.26. The van der Waals surface area contributed by atoms with E-state index in [-0.39, 0.29) is 5.88 Å². The molecule has 15 heavy (non-hydrogen) atoms. The van der Waals surface area contributed by atoms with Crippen LogP contribution in [0.5, 0.6) is 5.88 Å². The Morgan fingerprint density at radius 1 is 1.33 bits per heavy atom. The number of nitrogens with two attached hydrogens (primary N) is 1. The minimum absolute atomic E-state index is 0.219. The molecule has 0 atom stereocenters. The van der Waals surface area contributed by atoms with E-state index < -0.39 is 5.69 Å². The molecule has 1 aromatic heterocycles. The molecular weight excluding hydrogens is 194 g/mol. The number of nitrogens with zero attached hydrogens (tertiary/aromatic N) is 1. The van der Waals surface area contributed by atoms with E-state index in [1.54, 1.807) is 0 Å². The van der Waals surface area contributed by atoms with Crippen LogP contribution in [0.25, 0.3) is 0 Å². The summed E-state index contributed by atoms with van der Waals surface area (Å²) in [6.07, 6.45) is 0.451. The smallest absolute Gasteiger partial charge is 0.347 e. The Kier molecular flexibility index (Phi) is 2.21. The van der Waals surface area contributed by atoms with Crippen LogP contribution in [0.4, 0.5) is 0 Å². The van der Waals surface area contributed by atoms with E-state index in [0.717, 1.165) is 5.56 Å². The van der Waals surface area contributed by atoms with Gasteiger partial charge in [0.25, 0.3) is 0 Å². The van der Waals surface area contributed by atoms with Crippen molar-refractivity contribution in [2.75, 3.05) is 5.84 Å². The van der Waals surface area contributed by atoms with Crippen LogP contribution in [0.15, 0.2) is 35.1 Å². The van der Waals surface area contributed by atoms with E-state index in [1.807, 2.05) is 30.3 Å². The SMILES string of the molecule is Nn1c(O)c(Cc2ccccc2)[nH]c1=O. The number of aromatic hydroxyl groups is 1. The number of aromatic nitrogens is 2. The summed E-state index contributed by atoms with van der Waals surface area (Å²) in [7, 11) is 0. The van der Waals surface area contributed by atoms with E-state index in [4.69, 9.17) is 5.84 Å². The molecule has 0 unspecified atom stereocenters. The first-order valence-corrected chi connectivity index (χ1v) is 4.50. The zero-order chi connectivity index (χ0) is 10.8. The van der Waals surface area contributed by atoms with Crippen LogP contribution in [0, 0.1) is 0 Å². The van der Waals surface area contributed by atoms with Gasteiger partial charge in [-0.15, -0.1) is 0 Å². The first kappa shape index (κ1) is 9.39. The van der Waals surface area contributed by atoms with E-state index in [1.165, 1.54) is 0 Å². The minimum atomic E-state index is -0.515. The molecule has 0 saturated heterocycles. The van der Waals surface area contributed by atoms with Crippen LogP contribution >= 0.6 is 0 Å². The van der Waals surface area contributed by atoms with E-state index in [0.29, 0.717) is 16.8 Å². The summed E-state index contributed by atoms with van der Waals surface area (Å²) >= 11 is 0. The predicted molar refractivity (Wildman–Crippen MR) is 56.1 cm³/mol. The molecular formula is C10H11N3O2. The number of imidazole rings is 1. The molecule has 0 saturated carbocycles. The first-order valence-electron chi connectivity index (χ1n) is 4.50. The van der Waals surface area contributed by atoms with E-state index in [9.17, 15) is 9.90 Å². The van der Waals surface area contributed by atoms with Gasteiger partial charge in [0.1, 0.15) is 0 Å². The van der Waals surface area contributed by atoms with Gasteiger partial charge in [-0.1, -0.05) is 30.3 Å². The lowest BCUT2D eigenvalue weighted by Gasteiger charge is -1.99. The van der Waals surface area contributed by atoms with Crippen molar-refractivity contribution < 1.29 is 5.11 Å². The van der Waals surface area contributed by atoms with Gasteiger partial charge in [0.15, 0.2) is 0 Å². The molecule has 78 valence electrons. The van der Waals surface area contributed by atoms with Crippen molar-refractivity contribution in [1.82, 2.24) is 9.66 Å². The second kappa shape index (κ2) is 3.53. The highest BCUT2D eigenvalue weighted by atomic mass is 16.3. The highest BCUT2D eigenvalue weighted by Gasteiger charge is 2.10. The number of hydrogen-bond acceptors (Lipinski definition) is 3. The molecule has 4 N–H and O–H groups in total. The molecule has 1 aromatic carbocycles. The van der Waals surface area contributed by atoms with Gasteiger partial charge in [-0.25, -0.2) is 4.79 Å². The Balaban J connectivity index is 2.33. The Morgan fingerprint density at radius 2 is 2.00 bits per heavy atom. The van der Waals surface area contributed by atoms with Crippen molar-refractivity contribution >= 4 is 0 Å². The van der Waals surface area contributed by atoms with Gasteiger partial charge >= 0.3 is 5.69 Å². The fraction of sp³-hybridized carbons (Fsp3) is 0.100. The number of aromatic amines is 1. The number of benzene rings is 1. The van der Waals surface area contributed by atoms with Crippen LogP contribution in [-0.2, 0) is 6.42 Å². The number of nitrogens with one attached hydrogen (secondary N) is 1. The van der Waals surface area contributed by atoms with Gasteiger partial charge in [0.2, 0.25) is 5.88 Å². The van der Waals surface area contributed by atoms with Crippen molar-refractivity contribution in [3.05, 3.63) is 52.1 Å². The fourth-order valence-electron chi connectivity index (χ4n) is 1.41. The molecule has 5 heteroatoms. The van der Waals surface area contributed by atoms with Crippen molar-refractivity contribution in [3.63, 3.8) is 0 Å². The minimum Gasteiger partial charge on any atom is -0.492 e. The molecule has 0 bridgehead atoms. The van der Waals surface area contributed by atoms with Gasteiger partial charge in [-0.05, 0) is 5.56 Å². The molecule has 5 nitrogen and oxygen atoms in total. The quantitative estimate of drug-likeness (QED) is 0.612. The van der Waals surface area contributed by atoms with Crippen LogP contribution in [0.3, 0.4) is 0 Å². The van der Waals surface area contributed by atoms with Crippen molar-refractivity contribution in [3.8, 4) is 5.88 Å².